The van der Waals surface area contributed by atoms with Crippen LogP contribution in [0.5, 0.6) is 5.75 Å². The molecule has 7 heteroatoms. The second-order valence-corrected chi connectivity index (χ2v) is 7.86. The average Bonchev–Trinajstić information content (AvgIpc) is 3.04. The lowest BCUT2D eigenvalue weighted by Crippen LogP contribution is -2.40. The van der Waals surface area contributed by atoms with Crippen molar-refractivity contribution in [2.24, 2.45) is 17.1 Å². The molecule has 0 aliphatic carbocycles. The molecule has 0 aliphatic heterocycles. The largest absolute Gasteiger partial charge is 0.489 e. The fraction of sp³-hybridized carbons (Fsp3) is 0.500. The van der Waals surface area contributed by atoms with Gasteiger partial charge in [-0.05, 0) is 30.0 Å². The summed E-state index contributed by atoms with van der Waals surface area (Å²) in [5.41, 5.74) is 6.85. The number of para-hydroxylation sites is 1. The van der Waals surface area contributed by atoms with Crippen LogP contribution in [0.25, 0.3) is 5.69 Å². The van der Waals surface area contributed by atoms with Crippen LogP contribution in [0.2, 0.25) is 0 Å². The highest BCUT2D eigenvalue weighted by atomic mass is 35.5. The molecule has 0 radical (unpaired) electrons. The van der Waals surface area contributed by atoms with E-state index in [0.29, 0.717) is 37.1 Å². The number of hydrogen-bond donors (Lipinski definition) is 1. The van der Waals surface area contributed by atoms with Crippen molar-refractivity contribution in [3.63, 3.8) is 0 Å². The molecule has 0 saturated heterocycles. The van der Waals surface area contributed by atoms with Gasteiger partial charge in [-0.3, -0.25) is 4.79 Å². The first-order valence-corrected chi connectivity index (χ1v) is 8.97. The fourth-order valence-corrected chi connectivity index (χ4v) is 2.54. The Bertz CT molecular complexity index is 729. The molecule has 0 bridgehead atoms. The Kier molecular flexibility index (Phi) is 8.31. The van der Waals surface area contributed by atoms with Gasteiger partial charge in [-0.15, -0.1) is 12.4 Å². The van der Waals surface area contributed by atoms with E-state index in [2.05, 4.69) is 18.9 Å². The summed E-state index contributed by atoms with van der Waals surface area (Å²) >= 11 is 0. The van der Waals surface area contributed by atoms with Crippen LogP contribution in [-0.4, -0.2) is 47.3 Å². The molecule has 0 saturated carbocycles. The number of amides is 1. The third kappa shape index (κ3) is 6.26. The number of rotatable bonds is 8. The Morgan fingerprint density at radius 2 is 1.93 bits per heavy atom. The number of carbonyl (C=O) groups excluding carboxylic acids is 1. The van der Waals surface area contributed by atoms with Gasteiger partial charge >= 0.3 is 0 Å². The first-order valence-electron chi connectivity index (χ1n) is 8.97. The van der Waals surface area contributed by atoms with E-state index in [1.807, 2.05) is 44.2 Å². The molecule has 1 aromatic carbocycles. The van der Waals surface area contributed by atoms with E-state index >= 15 is 0 Å². The predicted octanol–water partition coefficient (Wildman–Crippen LogP) is 3.39. The van der Waals surface area contributed by atoms with Crippen LogP contribution >= 0.6 is 12.4 Å². The summed E-state index contributed by atoms with van der Waals surface area (Å²) in [6.07, 6.45) is 1.77. The Labute approximate surface area is 168 Å². The van der Waals surface area contributed by atoms with Gasteiger partial charge in [0.15, 0.2) is 11.4 Å². The topological polar surface area (TPSA) is 73.4 Å². The molecule has 1 heterocycles. The van der Waals surface area contributed by atoms with Crippen LogP contribution in [0.4, 0.5) is 0 Å². The normalized spacial score (nSPS) is 11.2. The molecule has 2 N–H and O–H groups in total. The third-order valence-electron chi connectivity index (χ3n) is 4.04. The summed E-state index contributed by atoms with van der Waals surface area (Å²) in [5.74, 6) is 0.692. The summed E-state index contributed by atoms with van der Waals surface area (Å²) in [6.45, 7) is 9.78. The SMILES string of the molecule is CC(C)COc1cn(-c2ccccc2)nc1C(=O)N(C)CC(C)(C)CN.Cl. The number of nitrogens with zero attached hydrogens (tertiary/aromatic N) is 3. The number of hydrogen-bond acceptors (Lipinski definition) is 4. The zero-order chi connectivity index (χ0) is 19.3. The standard InChI is InChI=1S/C20H30N4O2.ClH/c1-15(2)12-26-17-11-24(16-9-7-6-8-10-16)22-18(17)19(25)23(5)14-20(3,4)13-21;/h6-11,15H,12-14,21H2,1-5H3;1H. The van der Waals surface area contributed by atoms with Crippen LogP contribution < -0.4 is 10.5 Å². The van der Waals surface area contributed by atoms with Crippen molar-refractivity contribution in [1.29, 1.82) is 0 Å². The number of nitrogens with two attached hydrogens (primary N) is 1. The van der Waals surface area contributed by atoms with Crippen LogP contribution in [0.3, 0.4) is 0 Å². The highest BCUT2D eigenvalue weighted by molar-refractivity contribution is 5.94. The summed E-state index contributed by atoms with van der Waals surface area (Å²) in [7, 11) is 1.77. The Morgan fingerprint density at radius 3 is 2.48 bits per heavy atom. The maximum Gasteiger partial charge on any atom is 0.278 e. The molecular weight excluding hydrogens is 364 g/mol. The van der Waals surface area contributed by atoms with Crippen molar-refractivity contribution >= 4 is 18.3 Å². The molecule has 0 unspecified atom stereocenters. The van der Waals surface area contributed by atoms with Crippen LogP contribution in [0, 0.1) is 11.3 Å². The second kappa shape index (κ2) is 9.76. The first-order chi connectivity index (χ1) is 12.2. The van der Waals surface area contributed by atoms with Gasteiger partial charge in [-0.25, -0.2) is 4.68 Å². The van der Waals surface area contributed by atoms with Gasteiger partial charge in [0.05, 0.1) is 18.5 Å². The van der Waals surface area contributed by atoms with Gasteiger partial charge in [0, 0.05) is 13.6 Å². The van der Waals surface area contributed by atoms with Gasteiger partial charge in [-0.1, -0.05) is 45.9 Å². The molecule has 0 fully saturated rings. The lowest BCUT2D eigenvalue weighted by molar-refractivity contribution is 0.0729. The highest BCUT2D eigenvalue weighted by Crippen LogP contribution is 2.23. The van der Waals surface area contributed by atoms with Gasteiger partial charge in [0.1, 0.15) is 0 Å². The quantitative estimate of drug-likeness (QED) is 0.744. The van der Waals surface area contributed by atoms with E-state index in [1.165, 1.54) is 0 Å². The second-order valence-electron chi connectivity index (χ2n) is 7.86. The van der Waals surface area contributed by atoms with Crippen molar-refractivity contribution in [2.45, 2.75) is 27.7 Å². The fourth-order valence-electron chi connectivity index (χ4n) is 2.54. The van der Waals surface area contributed by atoms with Crippen molar-refractivity contribution in [1.82, 2.24) is 14.7 Å². The Morgan fingerprint density at radius 1 is 1.30 bits per heavy atom. The minimum absolute atomic E-state index is 0. The Balaban J connectivity index is 0.00000364. The smallest absolute Gasteiger partial charge is 0.278 e. The van der Waals surface area contributed by atoms with Crippen LogP contribution in [0.1, 0.15) is 38.2 Å². The van der Waals surface area contributed by atoms with E-state index < -0.39 is 0 Å². The molecule has 0 aliphatic rings. The summed E-state index contributed by atoms with van der Waals surface area (Å²) in [5, 5.41) is 4.50. The number of aromatic nitrogens is 2. The van der Waals surface area contributed by atoms with Crippen molar-refractivity contribution in [3.05, 3.63) is 42.2 Å². The van der Waals surface area contributed by atoms with Crippen molar-refractivity contribution in [3.8, 4) is 11.4 Å². The zero-order valence-corrected chi connectivity index (χ0v) is 17.6. The maximum atomic E-state index is 13.0. The molecule has 27 heavy (non-hydrogen) atoms. The number of halogens is 1. The molecule has 6 nitrogen and oxygen atoms in total. The van der Waals surface area contributed by atoms with E-state index in [-0.39, 0.29) is 23.7 Å². The Hall–Kier alpha value is -2.05. The van der Waals surface area contributed by atoms with Crippen LogP contribution in [-0.2, 0) is 0 Å². The number of carbonyl (C=O) groups is 1. The van der Waals surface area contributed by atoms with E-state index in [0.717, 1.165) is 5.69 Å². The number of ether oxygens (including phenoxy) is 1. The molecule has 0 spiro atoms. The molecule has 2 aromatic rings. The summed E-state index contributed by atoms with van der Waals surface area (Å²) in [4.78, 5) is 14.6. The zero-order valence-electron chi connectivity index (χ0n) is 16.8. The van der Waals surface area contributed by atoms with Gasteiger partial charge in [0.25, 0.3) is 5.91 Å². The molecule has 1 amide bonds. The van der Waals surface area contributed by atoms with Gasteiger partial charge in [0.2, 0.25) is 0 Å². The minimum atomic E-state index is -0.167. The van der Waals surface area contributed by atoms with Crippen LogP contribution in [0.15, 0.2) is 36.5 Å². The molecule has 2 rings (SSSR count). The highest BCUT2D eigenvalue weighted by Gasteiger charge is 2.26. The van der Waals surface area contributed by atoms with E-state index in [1.54, 1.807) is 22.8 Å². The van der Waals surface area contributed by atoms with E-state index in [9.17, 15) is 4.79 Å². The first kappa shape index (κ1) is 23.0. The van der Waals surface area contributed by atoms with E-state index in [4.69, 9.17) is 10.5 Å². The molecular formula is C20H31ClN4O2. The number of benzene rings is 1. The van der Waals surface area contributed by atoms with Crippen molar-refractivity contribution in [2.75, 3.05) is 26.7 Å². The lowest BCUT2D eigenvalue weighted by Gasteiger charge is -2.28. The molecule has 1 aromatic heterocycles. The van der Waals surface area contributed by atoms with Gasteiger partial charge in [-0.2, -0.15) is 5.10 Å². The average molecular weight is 395 g/mol. The summed E-state index contributed by atoms with van der Waals surface area (Å²) < 4.78 is 7.56. The lowest BCUT2D eigenvalue weighted by atomic mass is 9.93. The predicted molar refractivity (Wildman–Crippen MR) is 111 cm³/mol. The minimum Gasteiger partial charge on any atom is -0.489 e. The third-order valence-corrected chi connectivity index (χ3v) is 4.04. The molecule has 0 atom stereocenters. The maximum absolute atomic E-state index is 13.0. The molecule has 150 valence electrons. The summed E-state index contributed by atoms with van der Waals surface area (Å²) in [6, 6.07) is 9.69. The van der Waals surface area contributed by atoms with Gasteiger partial charge < -0.3 is 15.4 Å². The van der Waals surface area contributed by atoms with Crippen molar-refractivity contribution < 1.29 is 9.53 Å². The monoisotopic (exact) mass is 394 g/mol.